The van der Waals surface area contributed by atoms with Gasteiger partial charge in [0.1, 0.15) is 0 Å². The number of hydrogen-bond acceptors (Lipinski definition) is 6. The predicted octanol–water partition coefficient (Wildman–Crippen LogP) is 6.61. The highest BCUT2D eigenvalue weighted by Gasteiger charge is 2.22. The molecule has 0 aromatic heterocycles. The molecule has 37 heavy (non-hydrogen) atoms. The van der Waals surface area contributed by atoms with Crippen LogP contribution in [-0.4, -0.2) is 18.5 Å². The first kappa shape index (κ1) is 27.2. The van der Waals surface area contributed by atoms with Crippen molar-refractivity contribution >= 4 is 11.9 Å². The minimum absolute atomic E-state index is 0.165. The van der Waals surface area contributed by atoms with Crippen LogP contribution < -0.4 is 14.2 Å². The number of rotatable bonds is 13. The van der Waals surface area contributed by atoms with Gasteiger partial charge in [-0.3, -0.25) is 0 Å². The molecule has 0 aliphatic rings. The first-order valence-electron chi connectivity index (χ1n) is 12.4. The Balaban J connectivity index is 1.96. The second kappa shape index (κ2) is 14.3. The van der Waals surface area contributed by atoms with E-state index in [4.69, 9.17) is 19.5 Å². The molecular weight excluding hydrogens is 466 g/mol. The Labute approximate surface area is 218 Å². The molecule has 3 rings (SSSR count). The van der Waals surface area contributed by atoms with E-state index in [0.29, 0.717) is 30.6 Å². The molecule has 0 amide bonds. The van der Waals surface area contributed by atoms with Gasteiger partial charge >= 0.3 is 11.9 Å². The zero-order valence-electron chi connectivity index (χ0n) is 21.1. The first-order chi connectivity index (χ1) is 18.0. The molecule has 0 radical (unpaired) electrons. The van der Waals surface area contributed by atoms with Gasteiger partial charge in [0, 0.05) is 6.08 Å². The summed E-state index contributed by atoms with van der Waals surface area (Å²) in [5.74, 6) is -0.566. The second-order valence-corrected chi connectivity index (χ2v) is 8.48. The van der Waals surface area contributed by atoms with Crippen molar-refractivity contribution in [2.45, 2.75) is 45.4 Å². The predicted molar refractivity (Wildman–Crippen MR) is 142 cm³/mol. The van der Waals surface area contributed by atoms with E-state index >= 15 is 0 Å². The van der Waals surface area contributed by atoms with Crippen molar-refractivity contribution in [3.63, 3.8) is 0 Å². The van der Waals surface area contributed by atoms with Gasteiger partial charge < -0.3 is 14.2 Å². The SMILES string of the molecule is C=CC(=O)Oc1ccc(CCc2ccc(C#N)cc2)c(OC(=O)c2ccccc2)c1OCCCCCC. The maximum Gasteiger partial charge on any atom is 0.343 e. The van der Waals surface area contributed by atoms with Gasteiger partial charge in [-0.1, -0.05) is 69.2 Å². The minimum atomic E-state index is -0.637. The van der Waals surface area contributed by atoms with Crippen LogP contribution in [0.5, 0.6) is 17.2 Å². The lowest BCUT2D eigenvalue weighted by molar-refractivity contribution is -0.129. The Morgan fingerprint density at radius 2 is 1.65 bits per heavy atom. The van der Waals surface area contributed by atoms with Crippen LogP contribution >= 0.6 is 0 Å². The molecular formula is C31H31NO5. The van der Waals surface area contributed by atoms with Crippen LogP contribution in [0.4, 0.5) is 0 Å². The van der Waals surface area contributed by atoms with Crippen LogP contribution in [0, 0.1) is 11.3 Å². The molecule has 0 N–H and O–H groups in total. The molecule has 0 atom stereocenters. The summed E-state index contributed by atoms with van der Waals surface area (Å²) in [6.45, 7) is 5.98. The van der Waals surface area contributed by atoms with Gasteiger partial charge in [-0.25, -0.2) is 9.59 Å². The van der Waals surface area contributed by atoms with Crippen molar-refractivity contribution in [3.8, 4) is 23.3 Å². The fraction of sp³-hybridized carbons (Fsp3) is 0.258. The largest absolute Gasteiger partial charge is 0.486 e. The lowest BCUT2D eigenvalue weighted by atomic mass is 10.0. The molecule has 0 aliphatic heterocycles. The van der Waals surface area contributed by atoms with Crippen molar-refractivity contribution in [2.24, 2.45) is 0 Å². The number of unbranched alkanes of at least 4 members (excludes halogenated alkanes) is 3. The summed E-state index contributed by atoms with van der Waals surface area (Å²) >= 11 is 0. The highest BCUT2D eigenvalue weighted by molar-refractivity contribution is 5.92. The average Bonchev–Trinajstić information content (AvgIpc) is 2.94. The summed E-state index contributed by atoms with van der Waals surface area (Å²) in [6, 6.07) is 21.6. The van der Waals surface area contributed by atoms with Gasteiger partial charge in [-0.05, 0) is 60.7 Å². The maximum absolute atomic E-state index is 13.0. The summed E-state index contributed by atoms with van der Waals surface area (Å²) in [6.07, 6.45) is 6.23. The number of aryl methyl sites for hydroxylation is 2. The third-order valence-corrected chi connectivity index (χ3v) is 5.75. The quantitative estimate of drug-likeness (QED) is 0.114. The number of carbonyl (C=O) groups excluding carboxylic acids is 2. The number of hydrogen-bond donors (Lipinski definition) is 0. The summed E-state index contributed by atoms with van der Waals surface area (Å²) < 4.78 is 17.4. The highest BCUT2D eigenvalue weighted by atomic mass is 16.6. The Bertz CT molecular complexity index is 1240. The topological polar surface area (TPSA) is 85.6 Å². The van der Waals surface area contributed by atoms with E-state index in [2.05, 4.69) is 19.6 Å². The maximum atomic E-state index is 13.0. The average molecular weight is 498 g/mol. The van der Waals surface area contributed by atoms with E-state index in [1.807, 2.05) is 18.2 Å². The fourth-order valence-electron chi connectivity index (χ4n) is 3.72. The first-order valence-corrected chi connectivity index (χ1v) is 12.4. The summed E-state index contributed by atoms with van der Waals surface area (Å²) in [7, 11) is 0. The van der Waals surface area contributed by atoms with Crippen molar-refractivity contribution < 1.29 is 23.8 Å². The minimum Gasteiger partial charge on any atom is -0.486 e. The van der Waals surface area contributed by atoms with E-state index in [1.54, 1.807) is 48.5 Å². The van der Waals surface area contributed by atoms with Crippen molar-refractivity contribution in [1.82, 2.24) is 0 Å². The van der Waals surface area contributed by atoms with E-state index in [1.165, 1.54) is 0 Å². The normalized spacial score (nSPS) is 10.3. The van der Waals surface area contributed by atoms with Crippen LogP contribution in [0.25, 0.3) is 0 Å². The molecule has 6 nitrogen and oxygen atoms in total. The van der Waals surface area contributed by atoms with Gasteiger partial charge in [0.05, 0.1) is 23.8 Å². The van der Waals surface area contributed by atoms with Crippen LogP contribution in [0.2, 0.25) is 0 Å². The molecule has 0 saturated carbocycles. The van der Waals surface area contributed by atoms with Gasteiger partial charge in [-0.15, -0.1) is 0 Å². The van der Waals surface area contributed by atoms with Crippen LogP contribution in [-0.2, 0) is 17.6 Å². The van der Waals surface area contributed by atoms with Crippen LogP contribution in [0.1, 0.15) is 59.7 Å². The third-order valence-electron chi connectivity index (χ3n) is 5.75. The molecule has 0 fully saturated rings. The summed E-state index contributed by atoms with van der Waals surface area (Å²) in [5.41, 5.74) is 2.75. The standard InChI is InChI=1S/C31H31NO5/c1-3-5-6-10-21-35-30-27(36-28(33)4-2)20-19-25(18-17-23-13-15-24(22-32)16-14-23)29(30)37-31(34)26-11-8-7-9-12-26/h4,7-9,11-16,19-20H,2-3,5-6,10,17-18,21H2,1H3. The zero-order valence-corrected chi connectivity index (χ0v) is 21.1. The van der Waals surface area contributed by atoms with Crippen LogP contribution in [0.15, 0.2) is 79.4 Å². The van der Waals surface area contributed by atoms with Gasteiger partial charge in [0.15, 0.2) is 11.5 Å². The number of ether oxygens (including phenoxy) is 3. The molecule has 0 saturated heterocycles. The number of nitrogens with zero attached hydrogens (tertiary/aromatic N) is 1. The lowest BCUT2D eigenvalue weighted by Gasteiger charge is -2.18. The van der Waals surface area contributed by atoms with E-state index in [9.17, 15) is 9.59 Å². The van der Waals surface area contributed by atoms with Gasteiger partial charge in [-0.2, -0.15) is 5.26 Å². The molecule has 0 bridgehead atoms. The molecule has 0 aliphatic carbocycles. The Kier molecular flexibility index (Phi) is 10.5. The van der Waals surface area contributed by atoms with Crippen molar-refractivity contribution in [3.05, 3.63) is 102 Å². The highest BCUT2D eigenvalue weighted by Crippen LogP contribution is 2.42. The van der Waals surface area contributed by atoms with Crippen molar-refractivity contribution in [2.75, 3.05) is 6.61 Å². The monoisotopic (exact) mass is 497 g/mol. The zero-order chi connectivity index (χ0) is 26.5. The molecule has 0 heterocycles. The van der Waals surface area contributed by atoms with E-state index in [-0.39, 0.29) is 17.2 Å². The van der Waals surface area contributed by atoms with Crippen LogP contribution in [0.3, 0.4) is 0 Å². The number of benzene rings is 3. The fourth-order valence-corrected chi connectivity index (χ4v) is 3.72. The molecule has 3 aromatic rings. The Morgan fingerprint density at radius 1 is 0.892 bits per heavy atom. The molecule has 0 unspecified atom stereocenters. The molecule has 3 aromatic carbocycles. The summed E-state index contributed by atoms with van der Waals surface area (Å²) in [5, 5.41) is 9.05. The third kappa shape index (κ3) is 8.08. The number of carbonyl (C=O) groups is 2. The molecule has 6 heteroatoms. The number of nitriles is 1. The Morgan fingerprint density at radius 3 is 2.32 bits per heavy atom. The van der Waals surface area contributed by atoms with E-state index < -0.39 is 11.9 Å². The smallest absolute Gasteiger partial charge is 0.343 e. The lowest BCUT2D eigenvalue weighted by Crippen LogP contribution is -2.13. The van der Waals surface area contributed by atoms with Gasteiger partial charge in [0.2, 0.25) is 5.75 Å². The summed E-state index contributed by atoms with van der Waals surface area (Å²) in [4.78, 5) is 25.1. The number of esters is 2. The second-order valence-electron chi connectivity index (χ2n) is 8.48. The molecule has 0 spiro atoms. The van der Waals surface area contributed by atoms with E-state index in [0.717, 1.165) is 42.9 Å². The van der Waals surface area contributed by atoms with Gasteiger partial charge in [0.25, 0.3) is 0 Å². The van der Waals surface area contributed by atoms with Crippen molar-refractivity contribution in [1.29, 1.82) is 5.26 Å². The molecule has 190 valence electrons. The Hall–Kier alpha value is -4.37.